The quantitative estimate of drug-likeness (QED) is 0.736. The van der Waals surface area contributed by atoms with Crippen molar-refractivity contribution in [3.05, 3.63) is 64.5 Å². The third-order valence-corrected chi connectivity index (χ3v) is 5.14. The summed E-state index contributed by atoms with van der Waals surface area (Å²) < 4.78 is 24.4. The van der Waals surface area contributed by atoms with Gasteiger partial charge in [0.1, 0.15) is 11.6 Å². The van der Waals surface area contributed by atoms with Gasteiger partial charge in [-0.3, -0.25) is 19.3 Å². The molecular formula is C22H21FN2O5. The van der Waals surface area contributed by atoms with E-state index in [4.69, 9.17) is 9.47 Å². The van der Waals surface area contributed by atoms with E-state index in [2.05, 4.69) is 5.32 Å². The van der Waals surface area contributed by atoms with Crippen molar-refractivity contribution in [2.75, 3.05) is 13.3 Å². The summed E-state index contributed by atoms with van der Waals surface area (Å²) in [6, 6.07) is 9.56. The molecule has 0 saturated carbocycles. The van der Waals surface area contributed by atoms with Crippen molar-refractivity contribution < 1.29 is 28.2 Å². The predicted molar refractivity (Wildman–Crippen MR) is 104 cm³/mol. The van der Waals surface area contributed by atoms with E-state index >= 15 is 0 Å². The molecule has 0 bridgehead atoms. The van der Waals surface area contributed by atoms with Gasteiger partial charge in [0.2, 0.25) is 11.8 Å². The molecule has 0 radical (unpaired) electrons. The lowest BCUT2D eigenvalue weighted by molar-refractivity contribution is -0.139. The fourth-order valence-electron chi connectivity index (χ4n) is 3.60. The van der Waals surface area contributed by atoms with E-state index in [0.29, 0.717) is 42.0 Å². The van der Waals surface area contributed by atoms with Gasteiger partial charge < -0.3 is 14.8 Å². The van der Waals surface area contributed by atoms with Crippen molar-refractivity contribution in [3.8, 4) is 5.75 Å². The first-order valence-corrected chi connectivity index (χ1v) is 9.73. The number of nitrogens with one attached hydrogen (secondary N) is 1. The Bertz CT molecular complexity index is 974. The first kappa shape index (κ1) is 20.0. The molecule has 2 aromatic rings. The van der Waals surface area contributed by atoms with E-state index in [9.17, 15) is 18.8 Å². The first-order chi connectivity index (χ1) is 14.5. The average molecular weight is 412 g/mol. The van der Waals surface area contributed by atoms with Crippen molar-refractivity contribution in [2.24, 2.45) is 0 Å². The van der Waals surface area contributed by atoms with Gasteiger partial charge in [0.25, 0.3) is 5.91 Å². The molecule has 0 aromatic heterocycles. The van der Waals surface area contributed by atoms with E-state index in [1.54, 1.807) is 24.3 Å². The lowest BCUT2D eigenvalue weighted by Gasteiger charge is -2.21. The lowest BCUT2D eigenvalue weighted by Crippen LogP contribution is -2.28. The summed E-state index contributed by atoms with van der Waals surface area (Å²) in [6.07, 6.45) is 0.931. The summed E-state index contributed by atoms with van der Waals surface area (Å²) in [4.78, 5) is 37.1. The summed E-state index contributed by atoms with van der Waals surface area (Å²) in [5, 5.41) is 2.81. The van der Waals surface area contributed by atoms with E-state index < -0.39 is 0 Å². The third-order valence-electron chi connectivity index (χ3n) is 5.14. The van der Waals surface area contributed by atoms with Gasteiger partial charge in [-0.25, -0.2) is 4.39 Å². The van der Waals surface area contributed by atoms with Gasteiger partial charge >= 0.3 is 0 Å². The van der Waals surface area contributed by atoms with Crippen LogP contribution in [0.4, 0.5) is 4.39 Å². The molecule has 2 heterocycles. The number of ether oxygens (including phenoxy) is 2. The Balaban J connectivity index is 1.33. The number of hydrogen-bond donors (Lipinski definition) is 1. The topological polar surface area (TPSA) is 84.9 Å². The Morgan fingerprint density at radius 1 is 1.10 bits per heavy atom. The number of rotatable bonds is 6. The van der Waals surface area contributed by atoms with Gasteiger partial charge in [0, 0.05) is 30.5 Å². The molecule has 7 nitrogen and oxygen atoms in total. The SMILES string of the molecule is O=C(NCCc1cc(F)cc2c1OCOC2)c1ccc(CN2C(=O)CCC2=O)cc1. The maximum atomic E-state index is 13.8. The Kier molecular flexibility index (Phi) is 5.76. The van der Waals surface area contributed by atoms with E-state index in [1.165, 1.54) is 17.0 Å². The Morgan fingerprint density at radius 2 is 1.83 bits per heavy atom. The Hall–Kier alpha value is -3.26. The minimum Gasteiger partial charge on any atom is -0.467 e. The summed E-state index contributed by atoms with van der Waals surface area (Å²) in [5.41, 5.74) is 2.58. The van der Waals surface area contributed by atoms with E-state index in [1.807, 2.05) is 0 Å². The zero-order valence-electron chi connectivity index (χ0n) is 16.3. The van der Waals surface area contributed by atoms with Gasteiger partial charge in [0.15, 0.2) is 6.79 Å². The molecule has 0 atom stereocenters. The molecule has 1 saturated heterocycles. The van der Waals surface area contributed by atoms with Gasteiger partial charge in [-0.15, -0.1) is 0 Å². The average Bonchev–Trinajstić information content (AvgIpc) is 3.06. The monoisotopic (exact) mass is 412 g/mol. The predicted octanol–water partition coefficient (Wildman–Crippen LogP) is 2.31. The highest BCUT2D eigenvalue weighted by atomic mass is 19.1. The van der Waals surface area contributed by atoms with E-state index in [-0.39, 0.29) is 49.7 Å². The molecule has 0 aliphatic carbocycles. The highest BCUT2D eigenvalue weighted by Crippen LogP contribution is 2.29. The van der Waals surface area contributed by atoms with Gasteiger partial charge in [-0.2, -0.15) is 0 Å². The standard InChI is InChI=1S/C22H21FN2O5/c23-18-9-16(21-17(10-18)12-29-13-30-21)7-8-24-22(28)15-3-1-14(2-4-15)11-25-19(26)5-6-20(25)27/h1-4,9-10H,5-8,11-13H2,(H,24,28). The highest BCUT2D eigenvalue weighted by molar-refractivity contribution is 6.01. The van der Waals surface area contributed by atoms with Crippen LogP contribution in [-0.2, 0) is 33.9 Å². The number of carbonyl (C=O) groups excluding carboxylic acids is 3. The normalized spacial score (nSPS) is 15.7. The van der Waals surface area contributed by atoms with Crippen LogP contribution >= 0.6 is 0 Å². The molecular weight excluding hydrogens is 391 g/mol. The second kappa shape index (κ2) is 8.62. The molecule has 4 rings (SSSR count). The maximum absolute atomic E-state index is 13.8. The number of amides is 3. The van der Waals surface area contributed by atoms with Gasteiger partial charge in [0.05, 0.1) is 13.2 Å². The van der Waals surface area contributed by atoms with Gasteiger partial charge in [-0.1, -0.05) is 12.1 Å². The van der Waals surface area contributed by atoms with E-state index in [0.717, 1.165) is 5.56 Å². The fourth-order valence-corrected chi connectivity index (χ4v) is 3.60. The maximum Gasteiger partial charge on any atom is 0.251 e. The summed E-state index contributed by atoms with van der Waals surface area (Å²) in [6.45, 7) is 0.956. The van der Waals surface area contributed by atoms with Crippen LogP contribution in [0.25, 0.3) is 0 Å². The molecule has 2 aliphatic heterocycles. The number of imide groups is 1. The number of benzene rings is 2. The number of hydrogen-bond acceptors (Lipinski definition) is 5. The second-order valence-electron chi connectivity index (χ2n) is 7.24. The van der Waals surface area contributed by atoms with Crippen LogP contribution in [0, 0.1) is 5.82 Å². The third kappa shape index (κ3) is 4.33. The van der Waals surface area contributed by atoms with Crippen molar-refractivity contribution >= 4 is 17.7 Å². The Morgan fingerprint density at radius 3 is 2.57 bits per heavy atom. The Labute approximate surface area is 172 Å². The van der Waals surface area contributed by atoms with Crippen LogP contribution in [0.1, 0.15) is 39.9 Å². The molecule has 1 fully saturated rings. The van der Waals surface area contributed by atoms with Crippen LogP contribution < -0.4 is 10.1 Å². The highest BCUT2D eigenvalue weighted by Gasteiger charge is 2.28. The minimum absolute atomic E-state index is 0.124. The molecule has 156 valence electrons. The number of fused-ring (bicyclic) bond motifs is 1. The van der Waals surface area contributed by atoms with Crippen molar-refractivity contribution in [1.82, 2.24) is 10.2 Å². The molecule has 0 spiro atoms. The number of carbonyl (C=O) groups is 3. The van der Waals surface area contributed by atoms with Crippen molar-refractivity contribution in [2.45, 2.75) is 32.4 Å². The smallest absolute Gasteiger partial charge is 0.251 e. The molecule has 3 amide bonds. The zero-order chi connectivity index (χ0) is 21.1. The molecule has 8 heteroatoms. The largest absolute Gasteiger partial charge is 0.467 e. The zero-order valence-corrected chi connectivity index (χ0v) is 16.3. The first-order valence-electron chi connectivity index (χ1n) is 9.73. The number of nitrogens with zero attached hydrogens (tertiary/aromatic N) is 1. The minimum atomic E-state index is -0.366. The number of halogens is 1. The molecule has 1 N–H and O–H groups in total. The lowest BCUT2D eigenvalue weighted by atomic mass is 10.1. The summed E-state index contributed by atoms with van der Waals surface area (Å²) >= 11 is 0. The summed E-state index contributed by atoms with van der Waals surface area (Å²) in [5.74, 6) is -0.347. The number of likely N-dealkylation sites (tertiary alicyclic amines) is 1. The van der Waals surface area contributed by atoms with Crippen LogP contribution in [-0.4, -0.2) is 36.0 Å². The molecule has 30 heavy (non-hydrogen) atoms. The molecule has 2 aliphatic rings. The van der Waals surface area contributed by atoms with Crippen LogP contribution in [0.2, 0.25) is 0 Å². The molecule has 0 unspecified atom stereocenters. The van der Waals surface area contributed by atoms with Gasteiger partial charge in [-0.05, 0) is 41.8 Å². The molecule has 2 aromatic carbocycles. The summed E-state index contributed by atoms with van der Waals surface area (Å²) in [7, 11) is 0. The van der Waals surface area contributed by atoms with Crippen molar-refractivity contribution in [1.29, 1.82) is 0 Å². The van der Waals surface area contributed by atoms with Crippen LogP contribution in [0.5, 0.6) is 5.75 Å². The fraction of sp³-hybridized carbons (Fsp3) is 0.318. The van der Waals surface area contributed by atoms with Crippen LogP contribution in [0.15, 0.2) is 36.4 Å². The second-order valence-corrected chi connectivity index (χ2v) is 7.24. The van der Waals surface area contributed by atoms with Crippen LogP contribution in [0.3, 0.4) is 0 Å². The van der Waals surface area contributed by atoms with Crippen molar-refractivity contribution in [3.63, 3.8) is 0 Å².